The number of pyridine rings is 1. The number of fused-ring (bicyclic) bond motifs is 3. The summed E-state index contributed by atoms with van der Waals surface area (Å²) < 4.78 is 9.02. The molecule has 4 aromatic rings. The van der Waals surface area contributed by atoms with Crippen LogP contribution in [0.3, 0.4) is 0 Å². The minimum Gasteiger partial charge on any atom is -0.455 e. The molecule has 0 amide bonds. The minimum atomic E-state index is 0.369. The summed E-state index contributed by atoms with van der Waals surface area (Å²) in [5.41, 5.74) is 6.42. The van der Waals surface area contributed by atoms with Gasteiger partial charge in [0, 0.05) is 11.6 Å². The van der Waals surface area contributed by atoms with Crippen molar-refractivity contribution in [1.82, 2.24) is 0 Å². The maximum absolute atomic E-state index is 6.76. The standard InChI is InChI=1S/C27H28NO/c1-15(2)19-13-18-11-12-28(6)26-24-17(5)20-9-7-8-10-21(20)23(16(3)4)27(24)29-22(14-19)25(18)26/h7-16H,1-6H3/q+1. The molecule has 146 valence electrons. The van der Waals surface area contributed by atoms with E-state index in [1.807, 2.05) is 0 Å². The lowest BCUT2D eigenvalue weighted by Crippen LogP contribution is -2.32. The van der Waals surface area contributed by atoms with E-state index in [1.165, 1.54) is 49.5 Å². The lowest BCUT2D eigenvalue weighted by molar-refractivity contribution is -0.659. The van der Waals surface area contributed by atoms with Gasteiger partial charge in [0.15, 0.2) is 6.20 Å². The van der Waals surface area contributed by atoms with Crippen LogP contribution in [0.4, 0.5) is 0 Å². The van der Waals surface area contributed by atoms with E-state index in [9.17, 15) is 0 Å². The second kappa shape index (κ2) is 6.32. The maximum Gasteiger partial charge on any atom is 0.228 e. The van der Waals surface area contributed by atoms with Crippen LogP contribution < -0.4 is 9.30 Å². The first-order chi connectivity index (χ1) is 13.9. The molecular weight excluding hydrogens is 354 g/mol. The van der Waals surface area contributed by atoms with Gasteiger partial charge in [-0.25, -0.2) is 4.57 Å². The molecule has 0 aliphatic carbocycles. The third-order valence-corrected chi connectivity index (χ3v) is 6.38. The largest absolute Gasteiger partial charge is 0.455 e. The minimum absolute atomic E-state index is 0.369. The average molecular weight is 383 g/mol. The molecule has 2 heteroatoms. The smallest absolute Gasteiger partial charge is 0.228 e. The Labute approximate surface area is 172 Å². The molecule has 5 rings (SSSR count). The molecule has 0 atom stereocenters. The molecule has 0 radical (unpaired) electrons. The van der Waals surface area contributed by atoms with E-state index in [1.54, 1.807) is 0 Å². The second-order valence-electron chi connectivity index (χ2n) is 8.96. The zero-order chi connectivity index (χ0) is 20.4. The predicted molar refractivity (Wildman–Crippen MR) is 121 cm³/mol. The Morgan fingerprint density at radius 1 is 0.897 bits per heavy atom. The molecule has 29 heavy (non-hydrogen) atoms. The van der Waals surface area contributed by atoms with Crippen molar-refractivity contribution >= 4 is 21.5 Å². The van der Waals surface area contributed by atoms with Crippen molar-refractivity contribution in [1.29, 1.82) is 0 Å². The third kappa shape index (κ3) is 2.51. The molecular formula is C27H28NO+. The Kier molecular flexibility index (Phi) is 3.96. The summed E-state index contributed by atoms with van der Waals surface area (Å²) in [5.74, 6) is 2.85. The van der Waals surface area contributed by atoms with Crippen molar-refractivity contribution in [3.63, 3.8) is 0 Å². The highest BCUT2D eigenvalue weighted by atomic mass is 16.5. The summed E-state index contributed by atoms with van der Waals surface area (Å²) in [6.07, 6.45) is 2.18. The van der Waals surface area contributed by atoms with Crippen LogP contribution in [0.1, 0.15) is 56.2 Å². The molecule has 1 aliphatic heterocycles. The number of nitrogens with zero attached hydrogens (tertiary/aromatic N) is 1. The van der Waals surface area contributed by atoms with E-state index in [-0.39, 0.29) is 0 Å². The van der Waals surface area contributed by atoms with Crippen LogP contribution >= 0.6 is 0 Å². The van der Waals surface area contributed by atoms with E-state index < -0.39 is 0 Å². The Balaban J connectivity index is 2.00. The van der Waals surface area contributed by atoms with E-state index in [0.29, 0.717) is 11.8 Å². The van der Waals surface area contributed by atoms with Gasteiger partial charge in [0.1, 0.15) is 18.5 Å². The average Bonchev–Trinajstić information content (AvgIpc) is 2.69. The lowest BCUT2D eigenvalue weighted by Gasteiger charge is -2.27. The highest BCUT2D eigenvalue weighted by Gasteiger charge is 2.33. The van der Waals surface area contributed by atoms with Gasteiger partial charge in [0.25, 0.3) is 0 Å². The van der Waals surface area contributed by atoms with Crippen LogP contribution in [0.15, 0.2) is 48.7 Å². The molecule has 0 fully saturated rings. The van der Waals surface area contributed by atoms with Gasteiger partial charge < -0.3 is 4.74 Å². The topological polar surface area (TPSA) is 13.1 Å². The van der Waals surface area contributed by atoms with Crippen molar-refractivity contribution in [3.05, 3.63) is 65.4 Å². The van der Waals surface area contributed by atoms with Crippen molar-refractivity contribution in [2.24, 2.45) is 7.05 Å². The maximum atomic E-state index is 6.76. The first-order valence-corrected chi connectivity index (χ1v) is 10.6. The van der Waals surface area contributed by atoms with Gasteiger partial charge in [0.2, 0.25) is 5.69 Å². The van der Waals surface area contributed by atoms with Crippen LogP contribution in [0.25, 0.3) is 32.8 Å². The molecule has 3 aromatic carbocycles. The van der Waals surface area contributed by atoms with Crippen LogP contribution in [0, 0.1) is 6.92 Å². The monoisotopic (exact) mass is 382 g/mol. The fourth-order valence-corrected chi connectivity index (χ4v) is 4.88. The van der Waals surface area contributed by atoms with Gasteiger partial charge in [-0.3, -0.25) is 0 Å². The van der Waals surface area contributed by atoms with Crippen molar-refractivity contribution in [3.8, 4) is 22.8 Å². The number of hydrogen-bond donors (Lipinski definition) is 0. The first-order valence-electron chi connectivity index (χ1n) is 10.6. The SMILES string of the molecule is Cc1c2c(c(C(C)C)c3ccccc13)Oc1cc(C(C)C)cc3cc[n+](C)c-2c13. The molecule has 1 aromatic heterocycles. The Morgan fingerprint density at radius 3 is 2.31 bits per heavy atom. The summed E-state index contributed by atoms with van der Waals surface area (Å²) in [4.78, 5) is 0. The van der Waals surface area contributed by atoms with E-state index >= 15 is 0 Å². The molecule has 0 spiro atoms. The number of aromatic nitrogens is 1. The molecule has 0 saturated carbocycles. The van der Waals surface area contributed by atoms with Gasteiger partial charge >= 0.3 is 0 Å². The van der Waals surface area contributed by atoms with Gasteiger partial charge in [-0.05, 0) is 52.1 Å². The quantitative estimate of drug-likeness (QED) is 0.296. The van der Waals surface area contributed by atoms with Crippen molar-refractivity contribution in [2.45, 2.75) is 46.5 Å². The fourth-order valence-electron chi connectivity index (χ4n) is 4.88. The zero-order valence-electron chi connectivity index (χ0n) is 18.1. The summed E-state index contributed by atoms with van der Waals surface area (Å²) in [7, 11) is 2.15. The number of aryl methyl sites for hydroxylation is 2. The van der Waals surface area contributed by atoms with E-state index in [0.717, 1.165) is 11.5 Å². The fraction of sp³-hybridized carbons (Fsp3) is 0.296. The summed E-state index contributed by atoms with van der Waals surface area (Å²) in [6, 6.07) is 15.5. The summed E-state index contributed by atoms with van der Waals surface area (Å²) in [6.45, 7) is 11.3. The highest BCUT2D eigenvalue weighted by molar-refractivity contribution is 6.06. The van der Waals surface area contributed by atoms with Gasteiger partial charge in [-0.1, -0.05) is 58.0 Å². The van der Waals surface area contributed by atoms with Crippen molar-refractivity contribution in [2.75, 3.05) is 0 Å². The zero-order valence-corrected chi connectivity index (χ0v) is 18.1. The molecule has 1 aliphatic rings. The Hall–Kier alpha value is -2.87. The van der Waals surface area contributed by atoms with Crippen molar-refractivity contribution < 1.29 is 9.30 Å². The number of ether oxygens (including phenoxy) is 1. The number of rotatable bonds is 2. The normalized spacial score (nSPS) is 12.7. The van der Waals surface area contributed by atoms with E-state index in [2.05, 4.69) is 94.9 Å². The first kappa shape index (κ1) is 18.2. The van der Waals surface area contributed by atoms with Crippen LogP contribution in [0.2, 0.25) is 0 Å². The number of hydrogen-bond acceptors (Lipinski definition) is 1. The van der Waals surface area contributed by atoms with Gasteiger partial charge in [0.05, 0.1) is 10.9 Å². The van der Waals surface area contributed by atoms with Crippen LogP contribution in [-0.4, -0.2) is 0 Å². The molecule has 2 nitrogen and oxygen atoms in total. The van der Waals surface area contributed by atoms with Gasteiger partial charge in [-0.15, -0.1) is 0 Å². The Morgan fingerprint density at radius 2 is 1.62 bits per heavy atom. The molecule has 0 N–H and O–H groups in total. The number of benzene rings is 3. The molecule has 0 unspecified atom stereocenters. The predicted octanol–water partition coefficient (Wildman–Crippen LogP) is 7.15. The van der Waals surface area contributed by atoms with Crippen LogP contribution in [0.5, 0.6) is 11.5 Å². The molecule has 0 bridgehead atoms. The molecule has 2 heterocycles. The van der Waals surface area contributed by atoms with Crippen LogP contribution in [-0.2, 0) is 7.05 Å². The highest BCUT2D eigenvalue weighted by Crippen LogP contribution is 2.52. The Bertz CT molecular complexity index is 1300. The lowest BCUT2D eigenvalue weighted by atomic mass is 9.85. The van der Waals surface area contributed by atoms with E-state index in [4.69, 9.17) is 4.74 Å². The third-order valence-electron chi connectivity index (χ3n) is 6.38. The molecule has 0 saturated heterocycles. The van der Waals surface area contributed by atoms with Gasteiger partial charge in [-0.2, -0.15) is 0 Å². The summed E-state index contributed by atoms with van der Waals surface area (Å²) >= 11 is 0. The second-order valence-corrected chi connectivity index (χ2v) is 8.96. The summed E-state index contributed by atoms with van der Waals surface area (Å²) in [5, 5.41) is 5.10.